The van der Waals surface area contributed by atoms with E-state index in [1.165, 1.54) is 18.3 Å². The fourth-order valence-corrected chi connectivity index (χ4v) is 4.03. The van der Waals surface area contributed by atoms with Gasteiger partial charge in [0.15, 0.2) is 11.0 Å². The SMILES string of the molecule is NS(=O)c1ccccc1S(=O)NC(=O)c1ccc(C#Cc2ccccc2)nc1. The van der Waals surface area contributed by atoms with Crippen molar-refractivity contribution >= 4 is 27.9 Å². The minimum absolute atomic E-state index is 0.190. The molecule has 0 radical (unpaired) electrons. The molecule has 2 aromatic carbocycles. The highest BCUT2D eigenvalue weighted by Crippen LogP contribution is 2.15. The first-order valence-electron chi connectivity index (χ1n) is 8.05. The molecule has 2 unspecified atom stereocenters. The lowest BCUT2D eigenvalue weighted by Crippen LogP contribution is -2.27. The number of benzene rings is 2. The number of nitrogens with zero attached hydrogens (tertiary/aromatic N) is 1. The van der Waals surface area contributed by atoms with Gasteiger partial charge >= 0.3 is 0 Å². The van der Waals surface area contributed by atoms with E-state index >= 15 is 0 Å². The first kappa shape index (κ1) is 19.6. The highest BCUT2D eigenvalue weighted by Gasteiger charge is 2.16. The molecule has 2 atom stereocenters. The zero-order valence-electron chi connectivity index (χ0n) is 14.5. The first-order chi connectivity index (χ1) is 13.5. The van der Waals surface area contributed by atoms with E-state index in [0.29, 0.717) is 5.69 Å². The molecule has 0 aliphatic carbocycles. The van der Waals surface area contributed by atoms with Crippen LogP contribution in [0.1, 0.15) is 21.6 Å². The quantitative estimate of drug-likeness (QED) is 0.643. The minimum Gasteiger partial charge on any atom is -0.268 e. The fourth-order valence-electron chi connectivity index (χ4n) is 2.23. The number of nitrogens with one attached hydrogen (secondary N) is 1. The standard InChI is InChI=1S/C20H15N3O3S2/c21-27(25)18-8-4-5-9-19(18)28(26)23-20(24)16-11-13-17(22-14-16)12-10-15-6-2-1-3-7-15/h1-9,11,13-14H,21H2,(H,23,24). The summed E-state index contributed by atoms with van der Waals surface area (Å²) in [6, 6.07) is 18.9. The molecule has 0 spiro atoms. The number of nitrogens with two attached hydrogens (primary N) is 1. The van der Waals surface area contributed by atoms with Crippen LogP contribution < -0.4 is 9.86 Å². The van der Waals surface area contributed by atoms with Crippen molar-refractivity contribution < 1.29 is 13.2 Å². The molecule has 0 bridgehead atoms. The lowest BCUT2D eigenvalue weighted by molar-refractivity contribution is 0.0982. The molecule has 28 heavy (non-hydrogen) atoms. The topological polar surface area (TPSA) is 102 Å². The maximum atomic E-state index is 12.4. The van der Waals surface area contributed by atoms with Crippen molar-refractivity contribution in [2.75, 3.05) is 0 Å². The third-order valence-corrected chi connectivity index (χ3v) is 5.63. The van der Waals surface area contributed by atoms with Gasteiger partial charge in [-0.1, -0.05) is 36.3 Å². The van der Waals surface area contributed by atoms with Crippen molar-refractivity contribution in [3.63, 3.8) is 0 Å². The Morgan fingerprint density at radius 1 is 0.893 bits per heavy atom. The Morgan fingerprint density at radius 2 is 1.57 bits per heavy atom. The summed E-state index contributed by atoms with van der Waals surface area (Å²) in [7, 11) is -3.72. The zero-order chi connectivity index (χ0) is 19.9. The van der Waals surface area contributed by atoms with Gasteiger partial charge in [0.2, 0.25) is 0 Å². The second-order valence-corrected chi connectivity index (χ2v) is 7.71. The molecule has 0 saturated carbocycles. The van der Waals surface area contributed by atoms with E-state index in [0.717, 1.165) is 5.56 Å². The number of carbonyl (C=O) groups is 1. The normalized spacial score (nSPS) is 12.3. The monoisotopic (exact) mass is 409 g/mol. The van der Waals surface area contributed by atoms with Gasteiger partial charge in [0.1, 0.15) is 16.7 Å². The van der Waals surface area contributed by atoms with Crippen molar-refractivity contribution in [1.82, 2.24) is 9.71 Å². The Morgan fingerprint density at radius 3 is 2.21 bits per heavy atom. The summed E-state index contributed by atoms with van der Waals surface area (Å²) in [6.07, 6.45) is 1.36. The summed E-state index contributed by atoms with van der Waals surface area (Å²) in [5.74, 6) is 5.31. The molecule has 1 heterocycles. The number of pyridine rings is 1. The molecule has 0 saturated heterocycles. The van der Waals surface area contributed by atoms with E-state index in [9.17, 15) is 13.2 Å². The molecule has 3 N–H and O–H groups in total. The molecule has 1 amide bonds. The lowest BCUT2D eigenvalue weighted by atomic mass is 10.2. The number of carbonyl (C=O) groups excluding carboxylic acids is 1. The van der Waals surface area contributed by atoms with Crippen molar-refractivity contribution in [2.45, 2.75) is 9.79 Å². The molecule has 0 aliphatic rings. The summed E-state index contributed by atoms with van der Waals surface area (Å²) in [5.41, 5.74) is 1.59. The predicted molar refractivity (Wildman–Crippen MR) is 108 cm³/mol. The Labute approximate surface area is 167 Å². The van der Waals surface area contributed by atoms with Crippen LogP contribution in [0.4, 0.5) is 0 Å². The third kappa shape index (κ3) is 4.98. The maximum absolute atomic E-state index is 12.4. The van der Waals surface area contributed by atoms with E-state index in [2.05, 4.69) is 21.5 Å². The summed E-state index contributed by atoms with van der Waals surface area (Å²) >= 11 is 0. The molecular weight excluding hydrogens is 394 g/mol. The number of amides is 1. The Hall–Kier alpha value is -3.12. The minimum atomic E-state index is -1.91. The number of aromatic nitrogens is 1. The lowest BCUT2D eigenvalue weighted by Gasteiger charge is -2.08. The molecular formula is C20H15N3O3S2. The van der Waals surface area contributed by atoms with Gasteiger partial charge in [0.25, 0.3) is 5.91 Å². The zero-order valence-corrected chi connectivity index (χ0v) is 16.1. The van der Waals surface area contributed by atoms with Gasteiger partial charge in [-0.15, -0.1) is 0 Å². The maximum Gasteiger partial charge on any atom is 0.264 e. The van der Waals surface area contributed by atoms with Crippen LogP contribution in [-0.4, -0.2) is 19.3 Å². The third-order valence-electron chi connectivity index (χ3n) is 3.59. The van der Waals surface area contributed by atoms with Crippen LogP contribution >= 0.6 is 0 Å². The van der Waals surface area contributed by atoms with Crippen LogP contribution in [0.25, 0.3) is 0 Å². The predicted octanol–water partition coefficient (Wildman–Crippen LogP) is 1.92. The second kappa shape index (κ2) is 9.19. The molecule has 3 aromatic rings. The van der Waals surface area contributed by atoms with Gasteiger partial charge in [-0.25, -0.2) is 18.5 Å². The Balaban J connectivity index is 1.71. The Bertz CT molecular complexity index is 1100. The number of hydrogen-bond donors (Lipinski definition) is 2. The molecule has 8 heteroatoms. The van der Waals surface area contributed by atoms with Crippen molar-refractivity contribution in [3.05, 3.63) is 89.7 Å². The fraction of sp³-hybridized carbons (Fsp3) is 0. The second-order valence-electron chi connectivity index (χ2n) is 5.49. The van der Waals surface area contributed by atoms with E-state index in [1.807, 2.05) is 30.3 Å². The van der Waals surface area contributed by atoms with E-state index in [4.69, 9.17) is 5.14 Å². The highest BCUT2D eigenvalue weighted by atomic mass is 32.2. The van der Waals surface area contributed by atoms with E-state index < -0.39 is 27.9 Å². The Kier molecular flexibility index (Phi) is 6.45. The smallest absolute Gasteiger partial charge is 0.264 e. The average molecular weight is 409 g/mol. The van der Waals surface area contributed by atoms with Crippen LogP contribution in [0.15, 0.2) is 82.7 Å². The van der Waals surface area contributed by atoms with Crippen LogP contribution in [0.3, 0.4) is 0 Å². The van der Waals surface area contributed by atoms with Crippen molar-refractivity contribution in [1.29, 1.82) is 0 Å². The summed E-state index contributed by atoms with van der Waals surface area (Å²) in [5, 5.41) is 5.38. The van der Waals surface area contributed by atoms with Crippen molar-refractivity contribution in [2.24, 2.45) is 5.14 Å². The van der Waals surface area contributed by atoms with Gasteiger partial charge in [-0.2, -0.15) is 0 Å². The summed E-state index contributed by atoms with van der Waals surface area (Å²) < 4.78 is 26.3. The molecule has 6 nitrogen and oxygen atoms in total. The van der Waals surface area contributed by atoms with Gasteiger partial charge < -0.3 is 0 Å². The van der Waals surface area contributed by atoms with Gasteiger partial charge in [0, 0.05) is 11.8 Å². The molecule has 0 aliphatic heterocycles. The van der Waals surface area contributed by atoms with Crippen LogP contribution in [-0.2, 0) is 22.0 Å². The summed E-state index contributed by atoms with van der Waals surface area (Å²) in [4.78, 5) is 16.8. The van der Waals surface area contributed by atoms with Crippen LogP contribution in [0, 0.1) is 11.8 Å². The molecule has 3 rings (SSSR count). The molecule has 140 valence electrons. The highest BCUT2D eigenvalue weighted by molar-refractivity contribution is 7.86. The largest absolute Gasteiger partial charge is 0.268 e. The van der Waals surface area contributed by atoms with E-state index in [-0.39, 0.29) is 15.4 Å². The summed E-state index contributed by atoms with van der Waals surface area (Å²) in [6.45, 7) is 0. The van der Waals surface area contributed by atoms with Gasteiger partial charge in [-0.05, 0) is 42.3 Å². The molecule has 1 aromatic heterocycles. The van der Waals surface area contributed by atoms with Gasteiger partial charge in [-0.3, -0.25) is 9.52 Å². The average Bonchev–Trinajstić information content (AvgIpc) is 2.73. The van der Waals surface area contributed by atoms with E-state index in [1.54, 1.807) is 24.3 Å². The molecule has 0 fully saturated rings. The number of rotatable bonds is 4. The van der Waals surface area contributed by atoms with Gasteiger partial charge in [0.05, 0.1) is 15.4 Å². The van der Waals surface area contributed by atoms with Crippen LogP contribution in [0.5, 0.6) is 0 Å². The van der Waals surface area contributed by atoms with Crippen molar-refractivity contribution in [3.8, 4) is 11.8 Å². The number of hydrogen-bond acceptors (Lipinski definition) is 4. The van der Waals surface area contributed by atoms with Crippen LogP contribution in [0.2, 0.25) is 0 Å². The first-order valence-corrected chi connectivity index (χ1v) is 10.4.